The Morgan fingerprint density at radius 1 is 1.54 bits per heavy atom. The molecule has 5 heteroatoms. The summed E-state index contributed by atoms with van der Waals surface area (Å²) in [5.41, 5.74) is 0.839. The first-order chi connectivity index (χ1) is 6.16. The van der Waals surface area contributed by atoms with E-state index >= 15 is 0 Å². The fourth-order valence-electron chi connectivity index (χ4n) is 1.02. The van der Waals surface area contributed by atoms with Crippen LogP contribution >= 0.6 is 11.6 Å². The van der Waals surface area contributed by atoms with Crippen LogP contribution in [0.5, 0.6) is 0 Å². The van der Waals surface area contributed by atoms with E-state index in [1.165, 1.54) is 18.2 Å². The molecule has 0 bridgehead atoms. The van der Waals surface area contributed by atoms with Gasteiger partial charge in [0.15, 0.2) is 5.58 Å². The van der Waals surface area contributed by atoms with Crippen LogP contribution in [0.25, 0.3) is 11.1 Å². The first-order valence-corrected chi connectivity index (χ1v) is 3.80. The number of rotatable bonds is 1. The molecule has 2 aromatic rings. The Morgan fingerprint density at radius 3 is 3.00 bits per heavy atom. The molecule has 1 heterocycles. The van der Waals surface area contributed by atoms with Crippen molar-refractivity contribution in [1.29, 1.82) is 0 Å². The van der Waals surface area contributed by atoms with Crippen molar-refractivity contribution >= 4 is 27.9 Å². The number of hydrogen-bond donors (Lipinski definition) is 0. The molecule has 0 aliphatic rings. The number of aromatic nitrogens is 1. The predicted octanol–water partition coefficient (Wildman–Crippen LogP) is 2.35. The number of carbonyl (C=O) groups excluding carboxylic acids is 1. The van der Waals surface area contributed by atoms with Gasteiger partial charge in [-0.1, -0.05) is 0 Å². The van der Waals surface area contributed by atoms with Crippen LogP contribution in [-0.2, 0) is 0 Å². The lowest BCUT2D eigenvalue weighted by molar-refractivity contribution is 0.108. The summed E-state index contributed by atoms with van der Waals surface area (Å²) in [5, 5.41) is -0.606. The Morgan fingerprint density at radius 2 is 2.31 bits per heavy atom. The maximum Gasteiger partial charge on any atom is 0.382 e. The number of fused-ring (bicyclic) bond motifs is 1. The van der Waals surface area contributed by atoms with Gasteiger partial charge in [-0.25, -0.2) is 0 Å². The number of benzene rings is 1. The molecular formula is C8H3ClFNO2. The Hall–Kier alpha value is -1.42. The van der Waals surface area contributed by atoms with Gasteiger partial charge in [-0.05, 0) is 29.8 Å². The molecule has 13 heavy (non-hydrogen) atoms. The van der Waals surface area contributed by atoms with E-state index in [0.717, 1.165) is 0 Å². The van der Waals surface area contributed by atoms with Crippen LogP contribution in [0.1, 0.15) is 10.4 Å². The van der Waals surface area contributed by atoms with Gasteiger partial charge >= 0.3 is 6.14 Å². The SMILES string of the molecule is O=C(Cl)c1ccc2oc(F)nc2c1. The van der Waals surface area contributed by atoms with Gasteiger partial charge in [0.1, 0.15) is 5.52 Å². The summed E-state index contributed by atoms with van der Waals surface area (Å²) in [6.07, 6.45) is -0.922. The Bertz CT molecular complexity index is 480. The molecule has 1 aromatic heterocycles. The highest BCUT2D eigenvalue weighted by Gasteiger charge is 2.07. The van der Waals surface area contributed by atoms with Crippen LogP contribution < -0.4 is 0 Å². The second-order valence-electron chi connectivity index (χ2n) is 2.42. The van der Waals surface area contributed by atoms with Crippen molar-refractivity contribution in [3.8, 4) is 0 Å². The molecule has 0 N–H and O–H groups in total. The lowest BCUT2D eigenvalue weighted by atomic mass is 10.2. The largest absolute Gasteiger partial charge is 0.415 e. The molecule has 2 rings (SSSR count). The summed E-state index contributed by atoms with van der Waals surface area (Å²) in [4.78, 5) is 14.1. The zero-order chi connectivity index (χ0) is 9.42. The van der Waals surface area contributed by atoms with Gasteiger partial charge < -0.3 is 4.42 Å². The van der Waals surface area contributed by atoms with Gasteiger partial charge in [-0.2, -0.15) is 4.98 Å². The summed E-state index contributed by atoms with van der Waals surface area (Å²) < 4.78 is 17.0. The number of oxazole rings is 1. The summed E-state index contributed by atoms with van der Waals surface area (Å²) in [6, 6.07) is 4.26. The number of halogens is 2. The highest BCUT2D eigenvalue weighted by Crippen LogP contribution is 2.17. The van der Waals surface area contributed by atoms with Crippen LogP contribution in [0.4, 0.5) is 4.39 Å². The van der Waals surface area contributed by atoms with E-state index in [9.17, 15) is 9.18 Å². The van der Waals surface area contributed by atoms with Crippen molar-refractivity contribution in [3.05, 3.63) is 29.9 Å². The topological polar surface area (TPSA) is 43.1 Å². The van der Waals surface area contributed by atoms with Crippen molar-refractivity contribution in [2.75, 3.05) is 0 Å². The molecular weight excluding hydrogens is 197 g/mol. The second-order valence-corrected chi connectivity index (χ2v) is 2.77. The van der Waals surface area contributed by atoms with Crippen molar-refractivity contribution in [3.63, 3.8) is 0 Å². The molecule has 3 nitrogen and oxygen atoms in total. The van der Waals surface area contributed by atoms with Gasteiger partial charge in [-0.15, -0.1) is 4.39 Å². The van der Waals surface area contributed by atoms with Gasteiger partial charge in [-0.3, -0.25) is 4.79 Å². The van der Waals surface area contributed by atoms with Crippen LogP contribution in [0.2, 0.25) is 0 Å². The fourth-order valence-corrected chi connectivity index (χ4v) is 1.14. The molecule has 0 amide bonds. The molecule has 0 saturated heterocycles. The fraction of sp³-hybridized carbons (Fsp3) is 0. The van der Waals surface area contributed by atoms with Gasteiger partial charge in [0.25, 0.3) is 5.24 Å². The monoisotopic (exact) mass is 199 g/mol. The summed E-state index contributed by atoms with van der Waals surface area (Å²) in [6.45, 7) is 0. The minimum Gasteiger partial charge on any atom is -0.415 e. The van der Waals surface area contributed by atoms with E-state index in [2.05, 4.69) is 9.40 Å². The molecule has 0 aliphatic carbocycles. The maximum atomic E-state index is 12.5. The number of hydrogen-bond acceptors (Lipinski definition) is 3. The minimum absolute atomic E-state index is 0.266. The smallest absolute Gasteiger partial charge is 0.382 e. The van der Waals surface area contributed by atoms with E-state index < -0.39 is 11.4 Å². The molecule has 0 unspecified atom stereocenters. The van der Waals surface area contributed by atoms with Crippen LogP contribution in [-0.4, -0.2) is 10.2 Å². The molecule has 0 radical (unpaired) electrons. The molecule has 0 aliphatic heterocycles. The lowest BCUT2D eigenvalue weighted by Crippen LogP contribution is -1.86. The third-order valence-electron chi connectivity index (χ3n) is 1.59. The van der Waals surface area contributed by atoms with Gasteiger partial charge in [0.05, 0.1) is 0 Å². The number of nitrogens with zero attached hydrogens (tertiary/aromatic N) is 1. The maximum absolute atomic E-state index is 12.5. The first kappa shape index (κ1) is 8.19. The third kappa shape index (κ3) is 1.40. The zero-order valence-electron chi connectivity index (χ0n) is 6.25. The quantitative estimate of drug-likeness (QED) is 0.662. The van der Waals surface area contributed by atoms with Crippen molar-refractivity contribution in [2.45, 2.75) is 0 Å². The highest BCUT2D eigenvalue weighted by atomic mass is 35.5. The van der Waals surface area contributed by atoms with Gasteiger partial charge in [0, 0.05) is 5.56 Å². The first-order valence-electron chi connectivity index (χ1n) is 3.43. The van der Waals surface area contributed by atoms with Crippen LogP contribution in [0, 0.1) is 6.14 Å². The number of carbonyl (C=O) groups is 1. The summed E-state index contributed by atoms with van der Waals surface area (Å²) in [5.74, 6) is 0. The Labute approximate surface area is 77.1 Å². The van der Waals surface area contributed by atoms with Crippen LogP contribution in [0.3, 0.4) is 0 Å². The molecule has 0 spiro atoms. The normalized spacial score (nSPS) is 10.6. The predicted molar refractivity (Wildman–Crippen MR) is 44.2 cm³/mol. The average Bonchev–Trinajstić information content (AvgIpc) is 2.42. The summed E-state index contributed by atoms with van der Waals surface area (Å²) >= 11 is 5.22. The third-order valence-corrected chi connectivity index (χ3v) is 1.81. The molecule has 1 aromatic carbocycles. The minimum atomic E-state index is -0.922. The zero-order valence-corrected chi connectivity index (χ0v) is 7.01. The van der Waals surface area contributed by atoms with E-state index in [1.54, 1.807) is 0 Å². The second kappa shape index (κ2) is 2.81. The van der Waals surface area contributed by atoms with Crippen molar-refractivity contribution < 1.29 is 13.6 Å². The van der Waals surface area contributed by atoms with E-state index in [-0.39, 0.29) is 11.1 Å². The van der Waals surface area contributed by atoms with E-state index in [0.29, 0.717) is 5.58 Å². The van der Waals surface area contributed by atoms with Crippen molar-refractivity contribution in [2.24, 2.45) is 0 Å². The van der Waals surface area contributed by atoms with Gasteiger partial charge in [0.2, 0.25) is 0 Å². The van der Waals surface area contributed by atoms with E-state index in [4.69, 9.17) is 11.6 Å². The Kier molecular flexibility index (Phi) is 1.77. The highest BCUT2D eigenvalue weighted by molar-refractivity contribution is 6.67. The Balaban J connectivity index is 2.67. The van der Waals surface area contributed by atoms with Crippen LogP contribution in [0.15, 0.2) is 22.6 Å². The van der Waals surface area contributed by atoms with Crippen molar-refractivity contribution in [1.82, 2.24) is 4.98 Å². The average molecular weight is 200 g/mol. The molecule has 0 saturated carbocycles. The molecule has 0 atom stereocenters. The van der Waals surface area contributed by atoms with E-state index in [1.807, 2.05) is 0 Å². The lowest BCUT2D eigenvalue weighted by Gasteiger charge is -1.90. The molecule has 0 fully saturated rings. The summed E-state index contributed by atoms with van der Waals surface area (Å²) in [7, 11) is 0. The molecule has 66 valence electrons. The standard InChI is InChI=1S/C8H3ClFNO2/c9-7(12)4-1-2-6-5(3-4)11-8(10)13-6/h1-3H.